The summed E-state index contributed by atoms with van der Waals surface area (Å²) < 4.78 is 0. The summed E-state index contributed by atoms with van der Waals surface area (Å²) in [6.45, 7) is 2.42. The van der Waals surface area contributed by atoms with E-state index >= 15 is 0 Å². The third kappa shape index (κ3) is 1.50. The lowest BCUT2D eigenvalue weighted by atomic mass is 9.54. The summed E-state index contributed by atoms with van der Waals surface area (Å²) >= 11 is 0. The van der Waals surface area contributed by atoms with Gasteiger partial charge in [-0.25, -0.2) is 0 Å². The zero-order valence-electron chi connectivity index (χ0n) is 12.2. The van der Waals surface area contributed by atoms with E-state index in [4.69, 9.17) is 6.42 Å². The van der Waals surface area contributed by atoms with Crippen molar-refractivity contribution in [3.05, 3.63) is 47.0 Å². The minimum Gasteiger partial charge on any atom is -0.115 e. The molecule has 4 rings (SSSR count). The van der Waals surface area contributed by atoms with Gasteiger partial charge in [-0.05, 0) is 67.1 Å². The van der Waals surface area contributed by atoms with Crippen molar-refractivity contribution in [1.29, 1.82) is 0 Å². The molecule has 0 heterocycles. The van der Waals surface area contributed by atoms with Crippen LogP contribution >= 0.6 is 0 Å². The minimum atomic E-state index is 0.286. The van der Waals surface area contributed by atoms with Gasteiger partial charge in [0.1, 0.15) is 0 Å². The van der Waals surface area contributed by atoms with E-state index in [-0.39, 0.29) is 5.41 Å². The first-order valence-electron chi connectivity index (χ1n) is 7.90. The molecule has 0 aromatic heterocycles. The Bertz CT molecular complexity index is 615. The molecule has 20 heavy (non-hydrogen) atoms. The van der Waals surface area contributed by atoms with Crippen LogP contribution in [0.15, 0.2) is 29.8 Å². The Morgan fingerprint density at radius 1 is 1.40 bits per heavy atom. The maximum Gasteiger partial charge on any atom is 0.00400 e. The predicted molar refractivity (Wildman–Crippen MR) is 82.2 cm³/mol. The van der Waals surface area contributed by atoms with Crippen molar-refractivity contribution in [3.8, 4) is 12.3 Å². The predicted octanol–water partition coefficient (Wildman–Crippen LogP) is 4.51. The van der Waals surface area contributed by atoms with Crippen LogP contribution < -0.4 is 0 Å². The summed E-state index contributed by atoms with van der Waals surface area (Å²) in [5.41, 5.74) is 4.72. The molecule has 1 saturated carbocycles. The molecule has 0 heteroatoms. The van der Waals surface area contributed by atoms with Crippen LogP contribution in [-0.4, -0.2) is 0 Å². The lowest BCUT2D eigenvalue weighted by Gasteiger charge is -2.49. The molecule has 0 spiro atoms. The molecule has 0 amide bonds. The lowest BCUT2D eigenvalue weighted by Crippen LogP contribution is -2.41. The Hall–Kier alpha value is -1.48. The van der Waals surface area contributed by atoms with Crippen LogP contribution in [0.25, 0.3) is 0 Å². The summed E-state index contributed by atoms with van der Waals surface area (Å²) in [7, 11) is 0. The first-order chi connectivity index (χ1) is 9.74. The molecule has 3 aliphatic rings. The summed E-state index contributed by atoms with van der Waals surface area (Å²) in [5.74, 6) is 5.33. The second-order valence-corrected chi connectivity index (χ2v) is 6.99. The summed E-state index contributed by atoms with van der Waals surface area (Å²) in [5, 5.41) is 0. The van der Waals surface area contributed by atoms with E-state index in [9.17, 15) is 0 Å². The third-order valence-corrected chi connectivity index (χ3v) is 6.31. The highest BCUT2D eigenvalue weighted by atomic mass is 14.5. The van der Waals surface area contributed by atoms with Crippen molar-refractivity contribution in [2.24, 2.45) is 17.3 Å². The normalized spacial score (nSPS) is 38.2. The smallest absolute Gasteiger partial charge is 0.00400 e. The maximum absolute atomic E-state index is 5.75. The molecule has 1 radical (unpaired) electrons. The van der Waals surface area contributed by atoms with Gasteiger partial charge in [-0.15, -0.1) is 6.42 Å². The molecule has 0 bridgehead atoms. The Morgan fingerprint density at radius 3 is 3.15 bits per heavy atom. The average Bonchev–Trinajstić information content (AvgIpc) is 2.83. The Morgan fingerprint density at radius 2 is 2.30 bits per heavy atom. The van der Waals surface area contributed by atoms with Gasteiger partial charge in [0, 0.05) is 11.0 Å². The third-order valence-electron chi connectivity index (χ3n) is 6.31. The van der Waals surface area contributed by atoms with Crippen molar-refractivity contribution in [1.82, 2.24) is 0 Å². The van der Waals surface area contributed by atoms with E-state index in [1.165, 1.54) is 37.7 Å². The number of fused-ring (bicyclic) bond motifs is 5. The molecule has 1 aromatic carbocycles. The molecule has 0 N–H and O–H groups in total. The van der Waals surface area contributed by atoms with E-state index in [1.54, 1.807) is 11.1 Å². The number of benzene rings is 1. The number of hydrogen-bond acceptors (Lipinski definition) is 0. The molecular formula is C20H21. The molecule has 0 aliphatic heterocycles. The maximum atomic E-state index is 5.75. The summed E-state index contributed by atoms with van der Waals surface area (Å²) in [4.78, 5) is 0. The number of rotatable bonds is 0. The van der Waals surface area contributed by atoms with Gasteiger partial charge in [-0.3, -0.25) is 0 Å². The largest absolute Gasteiger partial charge is 0.115 e. The van der Waals surface area contributed by atoms with Gasteiger partial charge in [0.2, 0.25) is 0 Å². The van der Waals surface area contributed by atoms with Gasteiger partial charge >= 0.3 is 0 Å². The van der Waals surface area contributed by atoms with Crippen LogP contribution in [0, 0.1) is 35.7 Å². The fourth-order valence-electron chi connectivity index (χ4n) is 5.24. The number of allylic oxidation sites excluding steroid dienone is 2. The van der Waals surface area contributed by atoms with Crippen LogP contribution in [0.1, 0.15) is 49.7 Å². The number of hydrogen-bond donors (Lipinski definition) is 0. The van der Waals surface area contributed by atoms with E-state index in [2.05, 4.69) is 43.2 Å². The quantitative estimate of drug-likeness (QED) is 0.603. The highest BCUT2D eigenvalue weighted by Crippen LogP contribution is 2.60. The molecule has 0 unspecified atom stereocenters. The molecule has 1 aromatic rings. The zero-order valence-corrected chi connectivity index (χ0v) is 12.2. The van der Waals surface area contributed by atoms with Crippen molar-refractivity contribution in [2.75, 3.05) is 0 Å². The van der Waals surface area contributed by atoms with Gasteiger partial charge in [0.05, 0.1) is 0 Å². The van der Waals surface area contributed by atoms with Crippen molar-refractivity contribution in [2.45, 2.75) is 44.9 Å². The number of terminal acetylenes is 1. The highest BCUT2D eigenvalue weighted by molar-refractivity contribution is 5.41. The fraction of sp³-hybridized carbons (Fsp3) is 0.500. The van der Waals surface area contributed by atoms with E-state index < -0.39 is 0 Å². The number of aryl methyl sites for hydroxylation is 1. The SMILES string of the molecule is C#CC1=CC[C@H]2[C@@H]3CCc4c[c]ccc4[C@H]3CC[C@]12C. The van der Waals surface area contributed by atoms with Crippen LogP contribution in [0.4, 0.5) is 0 Å². The molecule has 101 valence electrons. The Kier molecular flexibility index (Phi) is 2.61. The van der Waals surface area contributed by atoms with E-state index in [0.29, 0.717) is 0 Å². The zero-order chi connectivity index (χ0) is 13.7. The van der Waals surface area contributed by atoms with E-state index in [1.807, 2.05) is 0 Å². The molecule has 3 aliphatic carbocycles. The Labute approximate surface area is 122 Å². The fourth-order valence-corrected chi connectivity index (χ4v) is 5.24. The van der Waals surface area contributed by atoms with Crippen LogP contribution in [-0.2, 0) is 6.42 Å². The van der Waals surface area contributed by atoms with E-state index in [0.717, 1.165) is 17.8 Å². The first-order valence-corrected chi connectivity index (χ1v) is 7.90. The van der Waals surface area contributed by atoms with Crippen LogP contribution in [0.5, 0.6) is 0 Å². The summed E-state index contributed by atoms with van der Waals surface area (Å²) in [6, 6.07) is 9.87. The monoisotopic (exact) mass is 261 g/mol. The standard InChI is InChI=1S/C20H21/c1-3-15-9-11-19-18-10-8-14-6-4-5-7-16(14)17(18)12-13-20(15,19)2/h1,5-7,9,17-19H,8,10-13H2,2H3/t17-,18-,19+,20-/m1/s1. The van der Waals surface area contributed by atoms with Gasteiger partial charge in [0.25, 0.3) is 0 Å². The molecular weight excluding hydrogens is 240 g/mol. The topological polar surface area (TPSA) is 0 Å². The van der Waals surface area contributed by atoms with Crippen molar-refractivity contribution < 1.29 is 0 Å². The second-order valence-electron chi connectivity index (χ2n) is 6.99. The molecule has 1 fully saturated rings. The average molecular weight is 261 g/mol. The summed E-state index contributed by atoms with van der Waals surface area (Å²) in [6.07, 6.45) is 14.4. The lowest BCUT2D eigenvalue weighted by molar-refractivity contribution is 0.0782. The van der Waals surface area contributed by atoms with Crippen molar-refractivity contribution >= 4 is 0 Å². The highest BCUT2D eigenvalue weighted by Gasteiger charge is 2.51. The van der Waals surface area contributed by atoms with Gasteiger partial charge < -0.3 is 0 Å². The molecule has 0 saturated heterocycles. The van der Waals surface area contributed by atoms with Gasteiger partial charge in [-0.2, -0.15) is 0 Å². The first kappa shape index (κ1) is 12.3. The van der Waals surface area contributed by atoms with Crippen LogP contribution in [0.2, 0.25) is 0 Å². The van der Waals surface area contributed by atoms with Gasteiger partial charge in [0.15, 0.2) is 0 Å². The molecule has 4 atom stereocenters. The molecule has 0 nitrogen and oxygen atoms in total. The van der Waals surface area contributed by atoms with Crippen molar-refractivity contribution in [3.63, 3.8) is 0 Å². The Balaban J connectivity index is 1.72. The minimum absolute atomic E-state index is 0.286. The van der Waals surface area contributed by atoms with Crippen LogP contribution in [0.3, 0.4) is 0 Å². The second kappa shape index (κ2) is 4.26. The van der Waals surface area contributed by atoms with Gasteiger partial charge in [-0.1, -0.05) is 37.1 Å².